The molecule has 0 radical (unpaired) electrons. The van der Waals surface area contributed by atoms with Gasteiger partial charge >= 0.3 is 58.7 Å². The van der Waals surface area contributed by atoms with Crippen LogP contribution in [-0.2, 0) is 9.53 Å². The Bertz CT molecular complexity index is 1420. The predicted molar refractivity (Wildman–Crippen MR) is 120 cm³/mol. The zero-order valence-corrected chi connectivity index (χ0v) is 22.6. The summed E-state index contributed by atoms with van der Waals surface area (Å²) < 4.78 is 237. The first kappa shape index (κ1) is 38.1. The second kappa shape index (κ2) is 11.6. The average molecular weight is 728 g/mol. The number of benzene rings is 1. The molecular weight excluding hydrogens is 717 g/mol. The summed E-state index contributed by atoms with van der Waals surface area (Å²) in [5, 5.41) is -6.65. The molecule has 1 N–H and O–H groups in total. The molecule has 2 aromatic rings. The van der Waals surface area contributed by atoms with Gasteiger partial charge < -0.3 is 10.1 Å². The highest BCUT2D eigenvalue weighted by atomic mass is 35.5. The second-order valence-electron chi connectivity index (χ2n) is 8.55. The number of esters is 1. The minimum absolute atomic E-state index is 0.0163. The summed E-state index contributed by atoms with van der Waals surface area (Å²) >= 11 is 3.45. The van der Waals surface area contributed by atoms with Gasteiger partial charge in [0.1, 0.15) is 16.4 Å². The van der Waals surface area contributed by atoms with Crippen LogP contribution >= 0.6 is 22.9 Å². The summed E-state index contributed by atoms with van der Waals surface area (Å²) in [5.41, 5.74) is -1.57. The second-order valence-corrected chi connectivity index (χ2v) is 9.91. The lowest BCUT2D eigenvalue weighted by molar-refractivity contribution is -0.445. The Morgan fingerprint density at radius 2 is 1.16 bits per heavy atom. The van der Waals surface area contributed by atoms with Crippen LogP contribution in [0, 0.1) is 5.82 Å². The van der Waals surface area contributed by atoms with E-state index in [1.807, 2.05) is 0 Å². The Kier molecular flexibility index (Phi) is 9.87. The molecule has 1 amide bonds. The summed E-state index contributed by atoms with van der Waals surface area (Å²) in [4.78, 5) is 24.4. The molecule has 0 aliphatic heterocycles. The average Bonchev–Trinajstić information content (AvgIpc) is 3.31. The standard InChI is InChI=1S/C22H11ClF17NO3S/c1-2-44-13(42)11-10(8-3-5-9(24)6-4-8)7-45-12(11)41-14(43)15(25,26)16(27,28)17(29,30)18(31,32)19(33,34)20(35,36)21(37,38)22(23,39)40/h3-7H,2H2,1H3,(H,41,43). The lowest BCUT2D eigenvalue weighted by atomic mass is 9.89. The fourth-order valence-electron chi connectivity index (χ4n) is 3.19. The van der Waals surface area contributed by atoms with Gasteiger partial charge in [-0.2, -0.15) is 70.2 Å². The molecule has 1 heterocycles. The lowest BCUT2D eigenvalue weighted by Crippen LogP contribution is -2.75. The molecule has 0 atom stereocenters. The van der Waals surface area contributed by atoms with E-state index in [0.717, 1.165) is 35.0 Å². The third-order valence-corrected chi connectivity index (χ3v) is 6.79. The van der Waals surface area contributed by atoms with E-state index in [0.29, 0.717) is 0 Å². The molecule has 0 unspecified atom stereocenters. The van der Waals surface area contributed by atoms with E-state index in [1.54, 1.807) is 0 Å². The zero-order chi connectivity index (χ0) is 35.4. The number of carbonyl (C=O) groups is 2. The SMILES string of the molecule is CCOC(=O)c1c(-c2ccc(F)cc2)csc1NC(=O)C(F)(F)C(F)(F)C(F)(F)C(F)(F)C(F)(F)C(F)(F)C(F)(F)C(F)(F)Cl. The predicted octanol–water partition coefficient (Wildman–Crippen LogP) is 8.95. The molecule has 0 aliphatic rings. The fourth-order valence-corrected chi connectivity index (χ4v) is 4.26. The Hall–Kier alpha value is -3.04. The third kappa shape index (κ3) is 5.75. The molecule has 254 valence electrons. The van der Waals surface area contributed by atoms with Crippen molar-refractivity contribution in [2.75, 3.05) is 11.9 Å². The molecule has 0 aliphatic carbocycles. The number of halogens is 18. The molecule has 0 saturated carbocycles. The number of nitrogens with one attached hydrogen (secondary N) is 1. The molecule has 2 rings (SSSR count). The van der Waals surface area contributed by atoms with Crippen LogP contribution in [0.5, 0.6) is 0 Å². The maximum atomic E-state index is 14.4. The number of carbonyl (C=O) groups excluding carboxylic acids is 2. The highest BCUT2D eigenvalue weighted by Crippen LogP contribution is 2.64. The van der Waals surface area contributed by atoms with Crippen LogP contribution in [0.4, 0.5) is 79.6 Å². The Labute approximate surface area is 247 Å². The van der Waals surface area contributed by atoms with Crippen molar-refractivity contribution in [3.05, 3.63) is 41.0 Å². The van der Waals surface area contributed by atoms with Crippen LogP contribution in [0.2, 0.25) is 0 Å². The molecule has 1 aromatic carbocycles. The van der Waals surface area contributed by atoms with Crippen molar-refractivity contribution < 1.29 is 89.0 Å². The highest BCUT2D eigenvalue weighted by molar-refractivity contribution is 7.15. The highest BCUT2D eigenvalue weighted by Gasteiger charge is 2.95. The van der Waals surface area contributed by atoms with Crippen molar-refractivity contribution in [1.82, 2.24) is 0 Å². The van der Waals surface area contributed by atoms with Crippen molar-refractivity contribution in [2.45, 2.75) is 53.8 Å². The van der Waals surface area contributed by atoms with Gasteiger partial charge in [0.15, 0.2) is 0 Å². The largest absolute Gasteiger partial charge is 0.462 e. The van der Waals surface area contributed by atoms with Crippen molar-refractivity contribution >= 4 is 39.8 Å². The number of rotatable bonds is 12. The quantitative estimate of drug-likeness (QED) is 0.135. The number of hydrogen-bond donors (Lipinski definition) is 1. The van der Waals surface area contributed by atoms with E-state index in [2.05, 4.69) is 16.3 Å². The molecule has 45 heavy (non-hydrogen) atoms. The molecule has 0 saturated heterocycles. The number of amides is 1. The van der Waals surface area contributed by atoms with E-state index < -0.39 is 87.3 Å². The summed E-state index contributed by atoms with van der Waals surface area (Å²) in [7, 11) is 0. The van der Waals surface area contributed by atoms with E-state index in [9.17, 15) is 84.2 Å². The Morgan fingerprint density at radius 1 is 0.733 bits per heavy atom. The van der Waals surface area contributed by atoms with Gasteiger partial charge in [-0.3, -0.25) is 4.79 Å². The van der Waals surface area contributed by atoms with Crippen LogP contribution in [0.25, 0.3) is 11.1 Å². The van der Waals surface area contributed by atoms with E-state index in [-0.39, 0.29) is 16.9 Å². The van der Waals surface area contributed by atoms with Crippen molar-refractivity contribution in [3.63, 3.8) is 0 Å². The lowest BCUT2D eigenvalue weighted by Gasteiger charge is -2.42. The van der Waals surface area contributed by atoms with E-state index in [4.69, 9.17) is 0 Å². The van der Waals surface area contributed by atoms with Crippen LogP contribution in [0.1, 0.15) is 17.3 Å². The normalized spacial score (nSPS) is 14.4. The molecular formula is C22H11ClF17NO3S. The maximum absolute atomic E-state index is 14.4. The topological polar surface area (TPSA) is 55.4 Å². The van der Waals surface area contributed by atoms with Gasteiger partial charge in [-0.1, -0.05) is 12.1 Å². The number of anilines is 1. The van der Waals surface area contributed by atoms with Crippen molar-refractivity contribution in [1.29, 1.82) is 0 Å². The first-order chi connectivity index (χ1) is 20.0. The molecule has 0 spiro atoms. The van der Waals surface area contributed by atoms with E-state index in [1.165, 1.54) is 6.92 Å². The van der Waals surface area contributed by atoms with Crippen LogP contribution < -0.4 is 5.32 Å². The van der Waals surface area contributed by atoms with Gasteiger partial charge in [-0.15, -0.1) is 11.3 Å². The first-order valence-corrected chi connectivity index (χ1v) is 12.3. The summed E-state index contributed by atoms with van der Waals surface area (Å²) in [6, 6.07) is 3.44. The molecule has 0 fully saturated rings. The summed E-state index contributed by atoms with van der Waals surface area (Å²) in [6.45, 7) is 0.675. The van der Waals surface area contributed by atoms with Gasteiger partial charge in [-0.05, 0) is 36.2 Å². The van der Waals surface area contributed by atoms with Gasteiger partial charge in [0.2, 0.25) is 0 Å². The van der Waals surface area contributed by atoms with Crippen molar-refractivity contribution in [3.8, 4) is 11.1 Å². The summed E-state index contributed by atoms with van der Waals surface area (Å²) in [5.74, 6) is -64.1. The van der Waals surface area contributed by atoms with E-state index >= 15 is 0 Å². The van der Waals surface area contributed by atoms with Gasteiger partial charge in [0.05, 0.1) is 6.61 Å². The fraction of sp³-hybridized carbons (Fsp3) is 0.455. The van der Waals surface area contributed by atoms with Gasteiger partial charge in [-0.25, -0.2) is 9.18 Å². The monoisotopic (exact) mass is 727 g/mol. The van der Waals surface area contributed by atoms with Gasteiger partial charge in [0.25, 0.3) is 0 Å². The minimum atomic E-state index is -8.75. The maximum Gasteiger partial charge on any atom is 0.393 e. The number of alkyl halides is 17. The molecule has 1 aromatic heterocycles. The first-order valence-electron chi connectivity index (χ1n) is 11.1. The number of ether oxygens (including phenoxy) is 1. The Balaban J connectivity index is 2.61. The smallest absolute Gasteiger partial charge is 0.393 e. The molecule has 0 bridgehead atoms. The Morgan fingerprint density at radius 3 is 1.58 bits per heavy atom. The van der Waals surface area contributed by atoms with Crippen LogP contribution in [-0.4, -0.2) is 65.3 Å². The molecule has 23 heteroatoms. The van der Waals surface area contributed by atoms with Crippen molar-refractivity contribution in [2.24, 2.45) is 0 Å². The minimum Gasteiger partial charge on any atom is -0.462 e. The molecule has 4 nitrogen and oxygen atoms in total. The summed E-state index contributed by atoms with van der Waals surface area (Å²) in [6.07, 6.45) is 0. The zero-order valence-electron chi connectivity index (χ0n) is 21.0. The van der Waals surface area contributed by atoms with Crippen LogP contribution in [0.15, 0.2) is 29.6 Å². The number of thiophene rings is 1. The number of hydrogen-bond acceptors (Lipinski definition) is 4. The van der Waals surface area contributed by atoms with Crippen LogP contribution in [0.3, 0.4) is 0 Å². The third-order valence-electron chi connectivity index (χ3n) is 5.66. The van der Waals surface area contributed by atoms with Gasteiger partial charge in [0, 0.05) is 10.9 Å².